The van der Waals surface area contributed by atoms with E-state index in [0.29, 0.717) is 11.5 Å². The van der Waals surface area contributed by atoms with Gasteiger partial charge in [-0.3, -0.25) is 0 Å². The van der Waals surface area contributed by atoms with Crippen LogP contribution in [0.15, 0.2) is 30.3 Å². The van der Waals surface area contributed by atoms with Crippen molar-refractivity contribution in [1.82, 2.24) is 0 Å². The van der Waals surface area contributed by atoms with Crippen molar-refractivity contribution >= 4 is 5.97 Å². The third kappa shape index (κ3) is 4.11. The molecular formula is C20H26O3. The first-order valence-electron chi connectivity index (χ1n) is 8.33. The normalized spacial score (nSPS) is 11.2. The van der Waals surface area contributed by atoms with Crippen molar-refractivity contribution in [2.45, 2.75) is 45.4 Å². The van der Waals surface area contributed by atoms with Crippen LogP contribution in [-0.2, 0) is 11.2 Å². The molecule has 0 spiro atoms. The van der Waals surface area contributed by atoms with E-state index in [1.165, 1.54) is 18.2 Å². The van der Waals surface area contributed by atoms with E-state index in [0.717, 1.165) is 36.8 Å². The maximum Gasteiger partial charge on any atom is 0.338 e. The lowest BCUT2D eigenvalue weighted by Crippen LogP contribution is -2.00. The van der Waals surface area contributed by atoms with Crippen LogP contribution in [0, 0.1) is 0 Å². The number of fused-ring (bicyclic) bond motifs is 1. The van der Waals surface area contributed by atoms with Gasteiger partial charge in [0.05, 0.1) is 12.7 Å². The van der Waals surface area contributed by atoms with E-state index < -0.39 is 0 Å². The summed E-state index contributed by atoms with van der Waals surface area (Å²) in [4.78, 5) is 12.1. The zero-order valence-corrected chi connectivity index (χ0v) is 14.3. The Morgan fingerprint density at radius 3 is 2.39 bits per heavy atom. The predicted molar refractivity (Wildman–Crippen MR) is 93.1 cm³/mol. The van der Waals surface area contributed by atoms with Gasteiger partial charge in [0.15, 0.2) is 0 Å². The zero-order chi connectivity index (χ0) is 16.8. The topological polar surface area (TPSA) is 46.5 Å². The Balaban J connectivity index is 2.40. The summed E-state index contributed by atoms with van der Waals surface area (Å²) in [5.41, 5.74) is 5.17. The van der Waals surface area contributed by atoms with Crippen LogP contribution < -0.4 is 0 Å². The van der Waals surface area contributed by atoms with Crippen molar-refractivity contribution in [3.8, 4) is 11.1 Å². The van der Waals surface area contributed by atoms with E-state index in [1.807, 2.05) is 12.1 Å². The van der Waals surface area contributed by atoms with Crippen molar-refractivity contribution in [3.63, 3.8) is 0 Å². The highest BCUT2D eigenvalue weighted by molar-refractivity contribution is 6.00. The van der Waals surface area contributed by atoms with E-state index in [1.54, 1.807) is 0 Å². The van der Waals surface area contributed by atoms with Crippen LogP contribution in [0.25, 0.3) is 11.1 Å². The van der Waals surface area contributed by atoms with Crippen LogP contribution in [0.2, 0.25) is 0 Å². The lowest BCUT2D eigenvalue weighted by molar-refractivity contribution is 0.0602. The second-order valence-electron chi connectivity index (χ2n) is 6.26. The highest BCUT2D eigenvalue weighted by Crippen LogP contribution is 2.34. The van der Waals surface area contributed by atoms with Gasteiger partial charge in [-0.1, -0.05) is 44.5 Å². The fourth-order valence-electron chi connectivity index (χ4n) is 2.91. The number of methoxy groups -OCH3 is 1. The van der Waals surface area contributed by atoms with Gasteiger partial charge in [0, 0.05) is 6.61 Å². The SMILES string of the molecule is COC(=O)c1cc(CCCCCO)c2ccc(C(C)C)ccc1-2. The van der Waals surface area contributed by atoms with Gasteiger partial charge in [0.2, 0.25) is 0 Å². The van der Waals surface area contributed by atoms with E-state index in [9.17, 15) is 4.79 Å². The molecule has 3 nitrogen and oxygen atoms in total. The Labute approximate surface area is 138 Å². The second kappa shape index (κ2) is 8.11. The maximum absolute atomic E-state index is 12.1. The number of aliphatic hydroxyl groups is 1. The van der Waals surface area contributed by atoms with Crippen LogP contribution in [0.5, 0.6) is 0 Å². The van der Waals surface area contributed by atoms with E-state index in [2.05, 4.69) is 32.0 Å². The summed E-state index contributed by atoms with van der Waals surface area (Å²) >= 11 is 0. The van der Waals surface area contributed by atoms with Gasteiger partial charge in [-0.05, 0) is 53.5 Å². The molecule has 1 N–H and O–H groups in total. The molecule has 23 heavy (non-hydrogen) atoms. The molecule has 0 saturated heterocycles. The number of rotatable bonds is 7. The average Bonchev–Trinajstić information content (AvgIpc) is 2.73. The van der Waals surface area contributed by atoms with Gasteiger partial charge in [0.25, 0.3) is 0 Å². The Kier molecular flexibility index (Phi) is 6.17. The molecule has 0 radical (unpaired) electrons. The number of aryl methyl sites for hydroxylation is 1. The molecule has 2 rings (SSSR count). The molecule has 3 heteroatoms. The molecule has 0 fully saturated rings. The predicted octanol–water partition coefficient (Wildman–Crippen LogP) is 4.41. The number of hydrogen-bond acceptors (Lipinski definition) is 3. The standard InChI is InChI=1S/C20H26O3/c1-14(2)15-8-10-17-16(7-5-4-6-12-21)13-19(20(22)23-3)18(17)11-9-15/h8-11,13-14,21H,4-7,12H2,1-3H3. The number of ether oxygens (including phenoxy) is 1. The molecule has 0 amide bonds. The highest BCUT2D eigenvalue weighted by Gasteiger charge is 2.20. The largest absolute Gasteiger partial charge is 0.465 e. The molecular weight excluding hydrogens is 288 g/mol. The number of unbranched alkanes of at least 4 members (excludes halogenated alkanes) is 2. The minimum atomic E-state index is -0.283. The number of aliphatic hydroxyl groups excluding tert-OH is 1. The number of carbonyl (C=O) groups is 1. The molecule has 0 saturated carbocycles. The molecule has 0 aliphatic heterocycles. The molecule has 0 aromatic heterocycles. The summed E-state index contributed by atoms with van der Waals surface area (Å²) in [6, 6.07) is 10.4. The molecule has 0 aromatic rings. The molecule has 0 heterocycles. The Morgan fingerprint density at radius 2 is 1.78 bits per heavy atom. The number of esters is 1. The summed E-state index contributed by atoms with van der Waals surface area (Å²) in [7, 11) is 1.42. The Bertz CT molecular complexity index is 631. The van der Waals surface area contributed by atoms with Gasteiger partial charge >= 0.3 is 5.97 Å². The third-order valence-electron chi connectivity index (χ3n) is 4.31. The van der Waals surface area contributed by atoms with Gasteiger partial charge < -0.3 is 9.84 Å². The minimum Gasteiger partial charge on any atom is -0.465 e. The summed E-state index contributed by atoms with van der Waals surface area (Å²) in [6.07, 6.45) is 3.74. The fraction of sp³-hybridized carbons (Fsp3) is 0.450. The molecule has 0 bridgehead atoms. The van der Waals surface area contributed by atoms with Crippen LogP contribution >= 0.6 is 0 Å². The van der Waals surface area contributed by atoms with Crippen LogP contribution in [0.1, 0.15) is 60.5 Å². The maximum atomic E-state index is 12.1. The average molecular weight is 314 g/mol. The summed E-state index contributed by atoms with van der Waals surface area (Å²) in [5, 5.41) is 8.90. The highest BCUT2D eigenvalue weighted by atomic mass is 16.5. The number of carbonyl (C=O) groups excluding carboxylic acids is 1. The van der Waals surface area contributed by atoms with Gasteiger partial charge in [-0.25, -0.2) is 4.79 Å². The molecule has 0 unspecified atom stereocenters. The summed E-state index contributed by atoms with van der Waals surface area (Å²) in [5.74, 6) is 0.162. The Morgan fingerprint density at radius 1 is 1.09 bits per heavy atom. The van der Waals surface area contributed by atoms with Crippen molar-refractivity contribution in [2.75, 3.05) is 13.7 Å². The van der Waals surface area contributed by atoms with E-state index in [4.69, 9.17) is 9.84 Å². The first kappa shape index (κ1) is 17.5. The van der Waals surface area contributed by atoms with E-state index >= 15 is 0 Å². The van der Waals surface area contributed by atoms with Crippen molar-refractivity contribution in [3.05, 3.63) is 47.0 Å². The van der Waals surface area contributed by atoms with Crippen molar-refractivity contribution in [2.24, 2.45) is 0 Å². The molecule has 124 valence electrons. The van der Waals surface area contributed by atoms with Gasteiger partial charge in [-0.15, -0.1) is 0 Å². The quantitative estimate of drug-likeness (QED) is 0.608. The molecule has 2 aliphatic rings. The van der Waals surface area contributed by atoms with Gasteiger partial charge in [0.1, 0.15) is 0 Å². The van der Waals surface area contributed by atoms with E-state index in [-0.39, 0.29) is 12.6 Å². The van der Waals surface area contributed by atoms with Crippen LogP contribution in [-0.4, -0.2) is 24.8 Å². The van der Waals surface area contributed by atoms with Crippen molar-refractivity contribution < 1.29 is 14.6 Å². The molecule has 0 aromatic carbocycles. The second-order valence-corrected chi connectivity index (χ2v) is 6.26. The fourth-order valence-corrected chi connectivity index (χ4v) is 2.91. The minimum absolute atomic E-state index is 0.238. The number of hydrogen-bond donors (Lipinski definition) is 1. The lowest BCUT2D eigenvalue weighted by Gasteiger charge is -2.02. The zero-order valence-electron chi connectivity index (χ0n) is 14.3. The lowest BCUT2D eigenvalue weighted by atomic mass is 10.0. The summed E-state index contributed by atoms with van der Waals surface area (Å²) < 4.78 is 4.94. The van der Waals surface area contributed by atoms with Gasteiger partial charge in [-0.2, -0.15) is 0 Å². The molecule has 2 aliphatic carbocycles. The first-order chi connectivity index (χ1) is 11.1. The Hall–Kier alpha value is -1.87. The smallest absolute Gasteiger partial charge is 0.338 e. The monoisotopic (exact) mass is 314 g/mol. The summed E-state index contributed by atoms with van der Waals surface area (Å²) in [6.45, 7) is 4.57. The first-order valence-corrected chi connectivity index (χ1v) is 8.33. The van der Waals surface area contributed by atoms with Crippen LogP contribution in [0.4, 0.5) is 0 Å². The molecule has 0 atom stereocenters. The van der Waals surface area contributed by atoms with Crippen molar-refractivity contribution in [1.29, 1.82) is 0 Å². The third-order valence-corrected chi connectivity index (χ3v) is 4.31. The van der Waals surface area contributed by atoms with Crippen LogP contribution in [0.3, 0.4) is 0 Å².